The zero-order valence-electron chi connectivity index (χ0n) is 15.2. The molecule has 146 valence electrons. The van der Waals surface area contributed by atoms with Crippen molar-refractivity contribution in [2.45, 2.75) is 6.54 Å². The normalized spacial score (nSPS) is 10.4. The third-order valence-electron chi connectivity index (χ3n) is 3.86. The Balaban J connectivity index is 1.67. The summed E-state index contributed by atoms with van der Waals surface area (Å²) in [6, 6.07) is 13.1. The molecule has 2 aromatic carbocycles. The number of hydrogen-bond acceptors (Lipinski definition) is 4. The van der Waals surface area contributed by atoms with Gasteiger partial charge in [-0.1, -0.05) is 23.7 Å². The number of aromatic nitrogens is 2. The second-order valence-electron chi connectivity index (χ2n) is 5.80. The van der Waals surface area contributed by atoms with Crippen molar-refractivity contribution in [3.8, 4) is 11.5 Å². The van der Waals surface area contributed by atoms with Gasteiger partial charge in [0.15, 0.2) is 10.9 Å². The average molecular weight is 482 g/mol. The van der Waals surface area contributed by atoms with Gasteiger partial charge in [0.1, 0.15) is 11.5 Å². The number of ether oxygens (including phenoxy) is 2. The molecule has 6 nitrogen and oxygen atoms in total. The Labute approximate surface area is 181 Å². The highest BCUT2D eigenvalue weighted by atomic mass is 79.9. The van der Waals surface area contributed by atoms with Crippen molar-refractivity contribution >= 4 is 56.4 Å². The molecule has 0 bridgehead atoms. The predicted molar refractivity (Wildman–Crippen MR) is 120 cm³/mol. The molecule has 0 aliphatic carbocycles. The fourth-order valence-corrected chi connectivity index (χ4v) is 3.25. The Morgan fingerprint density at radius 2 is 1.89 bits per heavy atom. The molecule has 3 aromatic rings. The lowest BCUT2D eigenvalue weighted by Crippen LogP contribution is -2.20. The summed E-state index contributed by atoms with van der Waals surface area (Å²) in [6.07, 6.45) is 1.88. The zero-order chi connectivity index (χ0) is 20.1. The first-order chi connectivity index (χ1) is 13.5. The van der Waals surface area contributed by atoms with Gasteiger partial charge in [0.05, 0.1) is 30.9 Å². The Morgan fingerprint density at radius 3 is 2.57 bits per heavy atom. The lowest BCUT2D eigenvalue weighted by Gasteiger charge is -2.13. The monoisotopic (exact) mass is 480 g/mol. The van der Waals surface area contributed by atoms with Gasteiger partial charge in [-0.15, -0.1) is 0 Å². The minimum absolute atomic E-state index is 0.390. The third kappa shape index (κ3) is 5.15. The van der Waals surface area contributed by atoms with Crippen LogP contribution in [0.1, 0.15) is 5.56 Å². The Bertz CT molecular complexity index is 979. The fraction of sp³-hybridized carbons (Fsp3) is 0.158. The quantitative estimate of drug-likeness (QED) is 0.474. The van der Waals surface area contributed by atoms with Gasteiger partial charge in [-0.2, -0.15) is 5.10 Å². The average Bonchev–Trinajstić information content (AvgIpc) is 3.02. The van der Waals surface area contributed by atoms with Crippen LogP contribution >= 0.6 is 39.7 Å². The SMILES string of the molecule is COc1ccc(NC(=S)Nc2nn(Cc3ccc(Cl)cc3)cc2Br)c(OC)c1. The van der Waals surface area contributed by atoms with E-state index in [1.807, 2.05) is 47.3 Å². The van der Waals surface area contributed by atoms with Gasteiger partial charge < -0.3 is 20.1 Å². The Morgan fingerprint density at radius 1 is 1.14 bits per heavy atom. The molecule has 28 heavy (non-hydrogen) atoms. The molecule has 0 radical (unpaired) electrons. The van der Waals surface area contributed by atoms with Crippen LogP contribution < -0.4 is 20.1 Å². The first kappa shape index (κ1) is 20.4. The van der Waals surface area contributed by atoms with E-state index in [2.05, 4.69) is 31.7 Å². The van der Waals surface area contributed by atoms with Gasteiger partial charge in [-0.25, -0.2) is 0 Å². The lowest BCUT2D eigenvalue weighted by molar-refractivity contribution is 0.395. The topological polar surface area (TPSA) is 60.3 Å². The summed E-state index contributed by atoms with van der Waals surface area (Å²) >= 11 is 14.8. The molecule has 2 N–H and O–H groups in total. The van der Waals surface area contributed by atoms with Crippen LogP contribution in [0.5, 0.6) is 11.5 Å². The van der Waals surface area contributed by atoms with Crippen LogP contribution in [-0.2, 0) is 6.54 Å². The van der Waals surface area contributed by atoms with Crippen molar-refractivity contribution in [1.82, 2.24) is 9.78 Å². The van der Waals surface area contributed by atoms with Crippen molar-refractivity contribution in [2.24, 2.45) is 0 Å². The van der Waals surface area contributed by atoms with Crippen LogP contribution in [0.2, 0.25) is 5.02 Å². The molecular weight excluding hydrogens is 464 g/mol. The van der Waals surface area contributed by atoms with Crippen molar-refractivity contribution in [1.29, 1.82) is 0 Å². The summed E-state index contributed by atoms with van der Waals surface area (Å²) in [6.45, 7) is 0.615. The number of halogens is 2. The highest BCUT2D eigenvalue weighted by Crippen LogP contribution is 2.29. The van der Waals surface area contributed by atoms with E-state index < -0.39 is 0 Å². The van der Waals surface area contributed by atoms with Crippen LogP contribution in [0.4, 0.5) is 11.5 Å². The first-order valence-corrected chi connectivity index (χ1v) is 9.84. The van der Waals surface area contributed by atoms with E-state index in [0.717, 1.165) is 15.7 Å². The second-order valence-corrected chi connectivity index (χ2v) is 7.49. The van der Waals surface area contributed by atoms with Crippen LogP contribution in [0, 0.1) is 0 Å². The number of methoxy groups -OCH3 is 2. The van der Waals surface area contributed by atoms with Crippen LogP contribution in [0.3, 0.4) is 0 Å². The molecule has 0 amide bonds. The maximum atomic E-state index is 5.93. The summed E-state index contributed by atoms with van der Waals surface area (Å²) in [7, 11) is 3.19. The van der Waals surface area contributed by atoms with E-state index in [-0.39, 0.29) is 0 Å². The van der Waals surface area contributed by atoms with Gasteiger partial charge in [-0.3, -0.25) is 4.68 Å². The molecule has 0 unspecified atom stereocenters. The number of rotatable bonds is 6. The summed E-state index contributed by atoms with van der Waals surface area (Å²) in [4.78, 5) is 0. The van der Waals surface area contributed by atoms with Crippen LogP contribution in [0.15, 0.2) is 53.1 Å². The molecule has 0 aliphatic rings. The summed E-state index contributed by atoms with van der Waals surface area (Å²) < 4.78 is 13.2. The Kier molecular flexibility index (Phi) is 6.77. The largest absolute Gasteiger partial charge is 0.497 e. The molecule has 0 saturated carbocycles. The molecular formula is C19H18BrClN4O2S. The number of anilines is 2. The Hall–Kier alpha value is -2.29. The standard InChI is InChI=1S/C19H18BrClN4O2S/c1-26-14-7-8-16(17(9-14)27-2)22-19(28)23-18-15(20)11-25(24-18)10-12-3-5-13(21)6-4-12/h3-9,11H,10H2,1-2H3,(H2,22,23,24,28). The molecule has 9 heteroatoms. The van der Waals surface area contributed by atoms with Crippen molar-refractivity contribution in [3.63, 3.8) is 0 Å². The van der Waals surface area contributed by atoms with Crippen molar-refractivity contribution in [3.05, 3.63) is 63.7 Å². The van der Waals surface area contributed by atoms with Crippen LogP contribution in [-0.4, -0.2) is 29.1 Å². The molecule has 0 fully saturated rings. The molecule has 0 spiro atoms. The zero-order valence-corrected chi connectivity index (χ0v) is 18.4. The van der Waals surface area contributed by atoms with E-state index in [0.29, 0.717) is 34.0 Å². The lowest BCUT2D eigenvalue weighted by atomic mass is 10.2. The molecule has 0 atom stereocenters. The number of benzene rings is 2. The number of thiocarbonyl (C=S) groups is 1. The van der Waals surface area contributed by atoms with Crippen LogP contribution in [0.25, 0.3) is 0 Å². The van der Waals surface area contributed by atoms with Gasteiger partial charge in [-0.05, 0) is 58.0 Å². The molecule has 1 aromatic heterocycles. The van der Waals surface area contributed by atoms with Gasteiger partial charge in [0.25, 0.3) is 0 Å². The number of nitrogens with zero attached hydrogens (tertiary/aromatic N) is 2. The second kappa shape index (κ2) is 9.27. The fourth-order valence-electron chi connectivity index (χ4n) is 2.50. The van der Waals surface area contributed by atoms with Crippen molar-refractivity contribution in [2.75, 3.05) is 24.9 Å². The first-order valence-electron chi connectivity index (χ1n) is 8.26. The van der Waals surface area contributed by atoms with E-state index in [1.165, 1.54) is 0 Å². The van der Waals surface area contributed by atoms with Gasteiger partial charge in [0.2, 0.25) is 0 Å². The van der Waals surface area contributed by atoms with Gasteiger partial charge in [0, 0.05) is 17.3 Å². The molecule has 1 heterocycles. The highest BCUT2D eigenvalue weighted by molar-refractivity contribution is 9.10. The summed E-state index contributed by atoms with van der Waals surface area (Å²) in [5.41, 5.74) is 1.81. The summed E-state index contributed by atoms with van der Waals surface area (Å²) in [5, 5.41) is 11.8. The van der Waals surface area contributed by atoms with E-state index in [4.69, 9.17) is 33.3 Å². The van der Waals surface area contributed by atoms with Crippen molar-refractivity contribution < 1.29 is 9.47 Å². The van der Waals surface area contributed by atoms with Gasteiger partial charge >= 0.3 is 0 Å². The maximum absolute atomic E-state index is 5.93. The smallest absolute Gasteiger partial charge is 0.176 e. The summed E-state index contributed by atoms with van der Waals surface area (Å²) in [5.74, 6) is 1.93. The minimum atomic E-state index is 0.390. The number of hydrogen-bond donors (Lipinski definition) is 2. The third-order valence-corrected chi connectivity index (χ3v) is 4.90. The molecule has 0 saturated heterocycles. The molecule has 0 aliphatic heterocycles. The number of nitrogens with one attached hydrogen (secondary N) is 2. The maximum Gasteiger partial charge on any atom is 0.176 e. The van der Waals surface area contributed by atoms with E-state index in [1.54, 1.807) is 20.3 Å². The highest BCUT2D eigenvalue weighted by Gasteiger charge is 2.11. The predicted octanol–water partition coefficient (Wildman–Crippen LogP) is 5.17. The minimum Gasteiger partial charge on any atom is -0.497 e. The van der Waals surface area contributed by atoms with E-state index in [9.17, 15) is 0 Å². The van der Waals surface area contributed by atoms with E-state index >= 15 is 0 Å². The molecule has 3 rings (SSSR count).